The van der Waals surface area contributed by atoms with Crippen LogP contribution in [0.3, 0.4) is 0 Å². The van der Waals surface area contributed by atoms with Gasteiger partial charge in [-0.2, -0.15) is 13.2 Å². The predicted molar refractivity (Wildman–Crippen MR) is 56.9 cm³/mol. The number of anilines is 1. The van der Waals surface area contributed by atoms with E-state index in [2.05, 4.69) is 4.74 Å². The number of carbonyl (C=O) groups is 1. The lowest BCUT2D eigenvalue weighted by Gasteiger charge is -2.08. The highest BCUT2D eigenvalue weighted by Crippen LogP contribution is 2.31. The second kappa shape index (κ2) is 4.90. The van der Waals surface area contributed by atoms with Crippen molar-refractivity contribution in [3.8, 4) is 0 Å². The quantitative estimate of drug-likeness (QED) is 0.494. The summed E-state index contributed by atoms with van der Waals surface area (Å²) in [5.41, 5.74) is 4.88. The summed E-state index contributed by atoms with van der Waals surface area (Å²) < 4.78 is 41.3. The van der Waals surface area contributed by atoms with Crippen LogP contribution in [0.5, 0.6) is 0 Å². The Hall–Kier alpha value is -1.98. The molecule has 0 saturated carbocycles. The number of halogens is 3. The van der Waals surface area contributed by atoms with Crippen molar-refractivity contribution < 1.29 is 22.7 Å². The van der Waals surface area contributed by atoms with Crippen LogP contribution in [0.2, 0.25) is 0 Å². The van der Waals surface area contributed by atoms with Gasteiger partial charge in [-0.25, -0.2) is 4.79 Å². The fourth-order valence-corrected chi connectivity index (χ4v) is 1.13. The fourth-order valence-electron chi connectivity index (χ4n) is 1.13. The molecule has 0 heterocycles. The van der Waals surface area contributed by atoms with Crippen molar-refractivity contribution in [3.63, 3.8) is 0 Å². The van der Waals surface area contributed by atoms with E-state index in [-0.39, 0.29) is 5.69 Å². The van der Waals surface area contributed by atoms with Gasteiger partial charge in [-0.05, 0) is 23.8 Å². The Morgan fingerprint density at radius 2 is 2.06 bits per heavy atom. The van der Waals surface area contributed by atoms with Crippen LogP contribution in [0, 0.1) is 0 Å². The maximum absolute atomic E-state index is 12.3. The van der Waals surface area contributed by atoms with Gasteiger partial charge in [0, 0.05) is 11.8 Å². The summed E-state index contributed by atoms with van der Waals surface area (Å²) in [5.74, 6) is -0.607. The van der Waals surface area contributed by atoms with Crippen molar-refractivity contribution in [2.75, 3.05) is 12.8 Å². The van der Waals surface area contributed by atoms with Gasteiger partial charge in [-0.1, -0.05) is 6.07 Å². The van der Waals surface area contributed by atoms with Crippen molar-refractivity contribution in [2.24, 2.45) is 0 Å². The molecule has 92 valence electrons. The second-order valence-electron chi connectivity index (χ2n) is 3.20. The third kappa shape index (κ3) is 3.51. The summed E-state index contributed by atoms with van der Waals surface area (Å²) in [6, 6.07) is 2.90. The molecule has 0 aromatic heterocycles. The number of nitrogen functional groups attached to an aromatic ring is 1. The van der Waals surface area contributed by atoms with Crippen molar-refractivity contribution in [3.05, 3.63) is 35.4 Å². The fraction of sp³-hybridized carbons (Fsp3) is 0.182. The average molecular weight is 245 g/mol. The number of methoxy groups -OCH3 is 1. The molecule has 6 heteroatoms. The van der Waals surface area contributed by atoms with E-state index in [1.165, 1.54) is 19.3 Å². The molecule has 1 aromatic carbocycles. The molecule has 2 N–H and O–H groups in total. The van der Waals surface area contributed by atoms with E-state index in [0.717, 1.165) is 18.2 Å². The van der Waals surface area contributed by atoms with Gasteiger partial charge in [0.1, 0.15) is 0 Å². The molecule has 0 aliphatic heterocycles. The Bertz CT molecular complexity index is 453. The van der Waals surface area contributed by atoms with Crippen LogP contribution in [-0.2, 0) is 15.7 Å². The molecule has 0 bridgehead atoms. The molecule has 0 fully saturated rings. The minimum atomic E-state index is -4.43. The van der Waals surface area contributed by atoms with Gasteiger partial charge in [0.2, 0.25) is 0 Å². The van der Waals surface area contributed by atoms with Gasteiger partial charge in [0.15, 0.2) is 0 Å². The Morgan fingerprint density at radius 1 is 1.41 bits per heavy atom. The molecule has 0 unspecified atom stereocenters. The SMILES string of the molecule is COC(=O)/C=C/c1ccc(C(F)(F)F)cc1N. The summed E-state index contributed by atoms with van der Waals surface area (Å²) in [5, 5.41) is 0. The number of ether oxygens (including phenoxy) is 1. The summed E-state index contributed by atoms with van der Waals surface area (Å²) in [7, 11) is 1.20. The molecule has 1 aromatic rings. The first kappa shape index (κ1) is 13.1. The van der Waals surface area contributed by atoms with Crippen molar-refractivity contribution in [1.29, 1.82) is 0 Å². The standard InChI is InChI=1S/C11H10F3NO2/c1-17-10(16)5-3-7-2-4-8(6-9(7)15)11(12,13)14/h2-6H,15H2,1H3/b5-3+. The Balaban J connectivity index is 2.99. The number of alkyl halides is 3. The largest absolute Gasteiger partial charge is 0.466 e. The Kier molecular flexibility index (Phi) is 3.77. The zero-order valence-corrected chi connectivity index (χ0v) is 8.91. The topological polar surface area (TPSA) is 52.3 Å². The number of rotatable bonds is 2. The number of esters is 1. The third-order valence-electron chi connectivity index (χ3n) is 2.01. The van der Waals surface area contributed by atoms with Gasteiger partial charge < -0.3 is 10.5 Å². The first-order valence-corrected chi connectivity index (χ1v) is 4.57. The summed E-state index contributed by atoms with van der Waals surface area (Å²) >= 11 is 0. The Labute approximate surface area is 95.7 Å². The van der Waals surface area contributed by atoms with E-state index in [1.807, 2.05) is 0 Å². The van der Waals surface area contributed by atoms with Crippen LogP contribution in [0.4, 0.5) is 18.9 Å². The molecule has 0 atom stereocenters. The lowest BCUT2D eigenvalue weighted by Crippen LogP contribution is -2.06. The number of benzene rings is 1. The van der Waals surface area contributed by atoms with E-state index in [9.17, 15) is 18.0 Å². The zero-order valence-electron chi connectivity index (χ0n) is 8.91. The molecule has 0 radical (unpaired) electrons. The van der Waals surface area contributed by atoms with Crippen molar-refractivity contribution in [1.82, 2.24) is 0 Å². The predicted octanol–water partition coefficient (Wildman–Crippen LogP) is 2.47. The minimum Gasteiger partial charge on any atom is -0.466 e. The molecule has 0 saturated heterocycles. The summed E-state index contributed by atoms with van der Waals surface area (Å²) in [6.07, 6.45) is -2.06. The van der Waals surface area contributed by atoms with Crippen LogP contribution < -0.4 is 5.73 Å². The van der Waals surface area contributed by atoms with Gasteiger partial charge in [-0.15, -0.1) is 0 Å². The van der Waals surface area contributed by atoms with E-state index in [4.69, 9.17) is 5.73 Å². The van der Waals surface area contributed by atoms with Crippen LogP contribution in [0.15, 0.2) is 24.3 Å². The Morgan fingerprint density at radius 3 is 2.53 bits per heavy atom. The molecule has 17 heavy (non-hydrogen) atoms. The summed E-state index contributed by atoms with van der Waals surface area (Å²) in [6.45, 7) is 0. The number of carbonyl (C=O) groups excluding carboxylic acids is 1. The molecular formula is C11H10F3NO2. The van der Waals surface area contributed by atoms with Gasteiger partial charge in [0.05, 0.1) is 12.7 Å². The molecule has 3 nitrogen and oxygen atoms in total. The van der Waals surface area contributed by atoms with E-state index in [1.54, 1.807) is 0 Å². The van der Waals surface area contributed by atoms with Gasteiger partial charge >= 0.3 is 12.1 Å². The number of hydrogen-bond acceptors (Lipinski definition) is 3. The van der Waals surface area contributed by atoms with Gasteiger partial charge in [-0.3, -0.25) is 0 Å². The average Bonchev–Trinajstić information content (AvgIpc) is 2.25. The maximum atomic E-state index is 12.3. The normalized spacial score (nSPS) is 11.8. The first-order valence-electron chi connectivity index (χ1n) is 4.57. The molecule has 0 aliphatic carbocycles. The van der Waals surface area contributed by atoms with Crippen molar-refractivity contribution in [2.45, 2.75) is 6.18 Å². The minimum absolute atomic E-state index is 0.0556. The third-order valence-corrected chi connectivity index (χ3v) is 2.01. The van der Waals surface area contributed by atoms with E-state index in [0.29, 0.717) is 5.56 Å². The van der Waals surface area contributed by atoms with Gasteiger partial charge in [0.25, 0.3) is 0 Å². The monoisotopic (exact) mass is 245 g/mol. The number of hydrogen-bond donors (Lipinski definition) is 1. The van der Waals surface area contributed by atoms with E-state index < -0.39 is 17.7 Å². The maximum Gasteiger partial charge on any atom is 0.416 e. The molecule has 0 spiro atoms. The lowest BCUT2D eigenvalue weighted by molar-refractivity contribution is -0.137. The first-order chi connectivity index (χ1) is 7.84. The van der Waals surface area contributed by atoms with Crippen molar-refractivity contribution >= 4 is 17.7 Å². The highest BCUT2D eigenvalue weighted by molar-refractivity contribution is 5.88. The highest BCUT2D eigenvalue weighted by atomic mass is 19.4. The molecular weight excluding hydrogens is 235 g/mol. The van der Waals surface area contributed by atoms with Crippen LogP contribution >= 0.6 is 0 Å². The lowest BCUT2D eigenvalue weighted by atomic mass is 10.1. The number of nitrogens with two attached hydrogens (primary N) is 1. The van der Waals surface area contributed by atoms with Crippen LogP contribution in [0.1, 0.15) is 11.1 Å². The molecule has 0 amide bonds. The second-order valence-corrected chi connectivity index (χ2v) is 3.20. The van der Waals surface area contributed by atoms with Crippen LogP contribution in [-0.4, -0.2) is 13.1 Å². The molecule has 1 rings (SSSR count). The van der Waals surface area contributed by atoms with E-state index >= 15 is 0 Å². The summed E-state index contributed by atoms with van der Waals surface area (Å²) in [4.78, 5) is 10.8. The smallest absolute Gasteiger partial charge is 0.416 e. The molecule has 0 aliphatic rings. The zero-order chi connectivity index (χ0) is 13.1. The van der Waals surface area contributed by atoms with Crippen LogP contribution in [0.25, 0.3) is 6.08 Å². The highest BCUT2D eigenvalue weighted by Gasteiger charge is 2.30.